The van der Waals surface area contributed by atoms with Crippen LogP contribution in [0.15, 0.2) is 24.3 Å². The van der Waals surface area contributed by atoms with E-state index in [1.807, 2.05) is 0 Å². The molecule has 0 nitrogen and oxygen atoms in total. The van der Waals surface area contributed by atoms with Crippen LogP contribution in [0, 0.1) is 11.8 Å². The summed E-state index contributed by atoms with van der Waals surface area (Å²) in [6.07, 6.45) is -4.32. The van der Waals surface area contributed by atoms with Crippen LogP contribution in [0.25, 0.3) is 0 Å². The van der Waals surface area contributed by atoms with Crippen LogP contribution in [0.5, 0.6) is 0 Å². The average molecular weight is 184 g/mol. The van der Waals surface area contributed by atoms with Crippen molar-refractivity contribution in [3.63, 3.8) is 0 Å². The number of benzene rings is 1. The highest BCUT2D eigenvalue weighted by Crippen LogP contribution is 2.31. The summed E-state index contributed by atoms with van der Waals surface area (Å²) >= 11 is 0. The first-order valence-electron chi connectivity index (χ1n) is 3.64. The van der Waals surface area contributed by atoms with Gasteiger partial charge in [0.15, 0.2) is 0 Å². The fourth-order valence-corrected chi connectivity index (χ4v) is 0.974. The molecule has 0 saturated carbocycles. The Morgan fingerprint density at radius 3 is 2.31 bits per heavy atom. The second-order valence-corrected chi connectivity index (χ2v) is 2.42. The molecule has 1 aromatic rings. The molecular weight excluding hydrogens is 177 g/mol. The monoisotopic (exact) mass is 184 g/mol. The van der Waals surface area contributed by atoms with E-state index < -0.39 is 11.7 Å². The normalized spacial score (nSPS) is 10.5. The van der Waals surface area contributed by atoms with Crippen LogP contribution in [-0.2, 0) is 6.18 Å². The molecule has 13 heavy (non-hydrogen) atoms. The van der Waals surface area contributed by atoms with Crippen LogP contribution in [-0.4, -0.2) is 0 Å². The van der Waals surface area contributed by atoms with Gasteiger partial charge in [0, 0.05) is 5.56 Å². The van der Waals surface area contributed by atoms with E-state index in [1.165, 1.54) is 25.1 Å². The number of hydrogen-bond acceptors (Lipinski definition) is 0. The SMILES string of the molecule is CC#Cc1ccccc1C(F)(F)F. The molecule has 0 aromatic heterocycles. The van der Waals surface area contributed by atoms with Crippen molar-refractivity contribution in [1.29, 1.82) is 0 Å². The van der Waals surface area contributed by atoms with Crippen molar-refractivity contribution >= 4 is 0 Å². The van der Waals surface area contributed by atoms with E-state index in [1.54, 1.807) is 0 Å². The molecule has 0 N–H and O–H groups in total. The maximum atomic E-state index is 12.3. The maximum Gasteiger partial charge on any atom is 0.417 e. The summed E-state index contributed by atoms with van der Waals surface area (Å²) in [6, 6.07) is 5.28. The van der Waals surface area contributed by atoms with Crippen molar-refractivity contribution in [3.05, 3.63) is 35.4 Å². The van der Waals surface area contributed by atoms with Crippen LogP contribution in [0.1, 0.15) is 18.1 Å². The van der Waals surface area contributed by atoms with Gasteiger partial charge in [0.2, 0.25) is 0 Å². The third-order valence-corrected chi connectivity index (χ3v) is 1.49. The lowest BCUT2D eigenvalue weighted by atomic mass is 10.1. The fraction of sp³-hybridized carbons (Fsp3) is 0.200. The Balaban J connectivity index is 3.25. The Morgan fingerprint density at radius 1 is 1.15 bits per heavy atom. The molecule has 1 rings (SSSR count). The molecular formula is C10H7F3. The molecule has 0 amide bonds. The van der Waals surface area contributed by atoms with Gasteiger partial charge in [-0.15, -0.1) is 5.92 Å². The van der Waals surface area contributed by atoms with E-state index in [2.05, 4.69) is 11.8 Å². The Bertz CT molecular complexity index is 352. The van der Waals surface area contributed by atoms with Crippen LogP contribution in [0.3, 0.4) is 0 Å². The van der Waals surface area contributed by atoms with Gasteiger partial charge >= 0.3 is 6.18 Å². The Kier molecular flexibility index (Phi) is 2.62. The van der Waals surface area contributed by atoms with Gasteiger partial charge in [-0.05, 0) is 19.1 Å². The van der Waals surface area contributed by atoms with E-state index in [0.29, 0.717) is 0 Å². The van der Waals surface area contributed by atoms with E-state index >= 15 is 0 Å². The van der Waals surface area contributed by atoms with E-state index in [0.717, 1.165) is 6.07 Å². The molecule has 3 heteroatoms. The number of rotatable bonds is 0. The summed E-state index contributed by atoms with van der Waals surface area (Å²) in [7, 11) is 0. The first-order chi connectivity index (χ1) is 6.05. The average Bonchev–Trinajstić information content (AvgIpc) is 2.04. The zero-order valence-corrected chi connectivity index (χ0v) is 6.94. The molecule has 0 heterocycles. The minimum Gasteiger partial charge on any atom is -0.166 e. The summed E-state index contributed by atoms with van der Waals surface area (Å²) in [6.45, 7) is 1.51. The highest BCUT2D eigenvalue weighted by atomic mass is 19.4. The van der Waals surface area contributed by atoms with Crippen LogP contribution in [0.4, 0.5) is 13.2 Å². The summed E-state index contributed by atoms with van der Waals surface area (Å²) in [5.41, 5.74) is -0.651. The number of hydrogen-bond donors (Lipinski definition) is 0. The topological polar surface area (TPSA) is 0 Å². The predicted molar refractivity (Wildman–Crippen MR) is 44.0 cm³/mol. The quantitative estimate of drug-likeness (QED) is 0.543. The van der Waals surface area contributed by atoms with Crippen LogP contribution < -0.4 is 0 Å². The van der Waals surface area contributed by atoms with Crippen molar-refractivity contribution in [2.24, 2.45) is 0 Å². The summed E-state index contributed by atoms with van der Waals surface area (Å²) in [4.78, 5) is 0. The van der Waals surface area contributed by atoms with Crippen molar-refractivity contribution < 1.29 is 13.2 Å². The van der Waals surface area contributed by atoms with Crippen LogP contribution in [0.2, 0.25) is 0 Å². The largest absolute Gasteiger partial charge is 0.417 e. The molecule has 0 radical (unpaired) electrons. The molecule has 0 aliphatic heterocycles. The Hall–Kier alpha value is -1.43. The van der Waals surface area contributed by atoms with Gasteiger partial charge in [-0.2, -0.15) is 13.2 Å². The van der Waals surface area contributed by atoms with Gasteiger partial charge in [0.25, 0.3) is 0 Å². The third kappa shape index (κ3) is 2.25. The molecule has 0 atom stereocenters. The Labute approximate surface area is 74.4 Å². The zero-order chi connectivity index (χ0) is 9.90. The smallest absolute Gasteiger partial charge is 0.166 e. The van der Waals surface area contributed by atoms with E-state index in [4.69, 9.17) is 0 Å². The van der Waals surface area contributed by atoms with Gasteiger partial charge in [-0.1, -0.05) is 18.1 Å². The molecule has 0 saturated heterocycles. The molecule has 0 bridgehead atoms. The highest BCUT2D eigenvalue weighted by Gasteiger charge is 2.32. The van der Waals surface area contributed by atoms with Crippen molar-refractivity contribution in [3.8, 4) is 11.8 Å². The summed E-state index contributed by atoms with van der Waals surface area (Å²) in [5.74, 6) is 4.86. The van der Waals surface area contributed by atoms with Gasteiger partial charge in [-0.25, -0.2) is 0 Å². The van der Waals surface area contributed by atoms with Crippen LogP contribution >= 0.6 is 0 Å². The predicted octanol–water partition coefficient (Wildman–Crippen LogP) is 3.08. The molecule has 0 spiro atoms. The first kappa shape index (κ1) is 9.66. The van der Waals surface area contributed by atoms with Crippen molar-refractivity contribution in [2.75, 3.05) is 0 Å². The lowest BCUT2D eigenvalue weighted by molar-refractivity contribution is -0.137. The lowest BCUT2D eigenvalue weighted by Crippen LogP contribution is -2.07. The third-order valence-electron chi connectivity index (χ3n) is 1.49. The second kappa shape index (κ2) is 3.53. The fourth-order valence-electron chi connectivity index (χ4n) is 0.974. The van der Waals surface area contributed by atoms with E-state index in [-0.39, 0.29) is 5.56 Å². The minimum absolute atomic E-state index is 0.0255. The standard InChI is InChI=1S/C10H7F3/c1-2-5-8-6-3-4-7-9(8)10(11,12)13/h3-4,6-7H,1H3. The van der Waals surface area contributed by atoms with E-state index in [9.17, 15) is 13.2 Å². The van der Waals surface area contributed by atoms with Crippen molar-refractivity contribution in [2.45, 2.75) is 13.1 Å². The molecule has 68 valence electrons. The highest BCUT2D eigenvalue weighted by molar-refractivity contribution is 5.42. The Morgan fingerprint density at radius 2 is 1.77 bits per heavy atom. The maximum absolute atomic E-state index is 12.3. The number of alkyl halides is 3. The molecule has 1 aromatic carbocycles. The van der Waals surface area contributed by atoms with Gasteiger partial charge < -0.3 is 0 Å². The molecule has 0 aliphatic carbocycles. The van der Waals surface area contributed by atoms with Gasteiger partial charge in [0.1, 0.15) is 0 Å². The van der Waals surface area contributed by atoms with Gasteiger partial charge in [0.05, 0.1) is 5.56 Å². The molecule has 0 aliphatic rings. The van der Waals surface area contributed by atoms with Crippen molar-refractivity contribution in [1.82, 2.24) is 0 Å². The minimum atomic E-state index is -4.32. The number of halogens is 3. The van der Waals surface area contributed by atoms with Gasteiger partial charge in [-0.3, -0.25) is 0 Å². The second-order valence-electron chi connectivity index (χ2n) is 2.42. The summed E-state index contributed by atoms with van der Waals surface area (Å²) in [5, 5.41) is 0. The summed E-state index contributed by atoms with van der Waals surface area (Å²) < 4.78 is 36.9. The zero-order valence-electron chi connectivity index (χ0n) is 6.94. The lowest BCUT2D eigenvalue weighted by Gasteiger charge is -2.07. The molecule has 0 unspecified atom stereocenters. The molecule has 0 fully saturated rings. The first-order valence-corrected chi connectivity index (χ1v) is 3.64.